The van der Waals surface area contributed by atoms with Crippen LogP contribution in [0.1, 0.15) is 0 Å². The second kappa shape index (κ2) is 3.75. The Bertz CT molecular complexity index is 327. The Morgan fingerprint density at radius 1 is 1.43 bits per heavy atom. The highest BCUT2D eigenvalue weighted by Crippen LogP contribution is 2.12. The topological polar surface area (TPSA) is 64.3 Å². The summed E-state index contributed by atoms with van der Waals surface area (Å²) >= 11 is 0. The van der Waals surface area contributed by atoms with Gasteiger partial charge in [-0.25, -0.2) is 9.37 Å². The maximum absolute atomic E-state index is 12.8. The number of morpholine rings is 1. The van der Waals surface area contributed by atoms with Gasteiger partial charge < -0.3 is 15.4 Å². The first-order valence-corrected chi connectivity index (χ1v) is 4.38. The predicted octanol–water partition coefficient (Wildman–Crippen LogP) is 0.0345. The number of halogens is 1. The lowest BCUT2D eigenvalue weighted by atomic mass is 10.4. The van der Waals surface area contributed by atoms with Gasteiger partial charge in [0.1, 0.15) is 0 Å². The third-order valence-corrected chi connectivity index (χ3v) is 2.05. The van der Waals surface area contributed by atoms with Crippen molar-refractivity contribution in [3.05, 3.63) is 12.0 Å². The monoisotopic (exact) mass is 198 g/mol. The van der Waals surface area contributed by atoms with E-state index in [4.69, 9.17) is 10.5 Å². The summed E-state index contributed by atoms with van der Waals surface area (Å²) < 4.78 is 17.9. The fourth-order valence-corrected chi connectivity index (χ4v) is 1.29. The maximum Gasteiger partial charge on any atom is 0.227 e. The minimum absolute atomic E-state index is 0.110. The van der Waals surface area contributed by atoms with E-state index in [1.807, 2.05) is 4.90 Å². The van der Waals surface area contributed by atoms with Crippen molar-refractivity contribution in [3.63, 3.8) is 0 Å². The van der Waals surface area contributed by atoms with Crippen LogP contribution < -0.4 is 10.6 Å². The fraction of sp³-hybridized carbons (Fsp3) is 0.500. The molecule has 2 rings (SSSR count). The van der Waals surface area contributed by atoms with Gasteiger partial charge in [-0.3, -0.25) is 0 Å². The Hall–Kier alpha value is -1.43. The SMILES string of the molecule is Nc1nc(N2CCOCC2)ncc1F. The molecule has 0 bridgehead atoms. The molecule has 0 aliphatic carbocycles. The first-order chi connectivity index (χ1) is 6.77. The Labute approximate surface area is 80.7 Å². The number of nitrogens with zero attached hydrogens (tertiary/aromatic N) is 3. The number of rotatable bonds is 1. The molecule has 0 saturated carbocycles. The van der Waals surface area contributed by atoms with Crippen molar-refractivity contribution in [1.29, 1.82) is 0 Å². The quantitative estimate of drug-likeness (QED) is 0.690. The molecule has 0 spiro atoms. The van der Waals surface area contributed by atoms with E-state index in [1.165, 1.54) is 0 Å². The van der Waals surface area contributed by atoms with Gasteiger partial charge in [-0.1, -0.05) is 0 Å². The van der Waals surface area contributed by atoms with Gasteiger partial charge in [-0.15, -0.1) is 0 Å². The molecule has 1 fully saturated rings. The van der Waals surface area contributed by atoms with E-state index in [0.29, 0.717) is 32.3 Å². The number of hydrogen-bond acceptors (Lipinski definition) is 5. The largest absolute Gasteiger partial charge is 0.381 e. The van der Waals surface area contributed by atoms with Gasteiger partial charge in [-0.2, -0.15) is 4.98 Å². The predicted molar refractivity (Wildman–Crippen MR) is 49.4 cm³/mol. The standard InChI is InChI=1S/C8H11FN4O/c9-6-5-11-8(12-7(6)10)13-1-3-14-4-2-13/h5H,1-4H2,(H2,10,11,12). The number of nitrogen functional groups attached to an aromatic ring is 1. The highest BCUT2D eigenvalue weighted by Gasteiger charge is 2.14. The first kappa shape index (κ1) is 9.14. The number of aromatic nitrogens is 2. The van der Waals surface area contributed by atoms with Gasteiger partial charge in [0.2, 0.25) is 5.95 Å². The molecule has 0 atom stereocenters. The molecule has 2 N–H and O–H groups in total. The Balaban J connectivity index is 2.18. The molecule has 5 nitrogen and oxygen atoms in total. The third kappa shape index (κ3) is 1.74. The number of anilines is 2. The van der Waals surface area contributed by atoms with E-state index in [2.05, 4.69) is 9.97 Å². The molecule has 76 valence electrons. The molecule has 1 aliphatic heterocycles. The highest BCUT2D eigenvalue weighted by atomic mass is 19.1. The van der Waals surface area contributed by atoms with Gasteiger partial charge in [0, 0.05) is 13.1 Å². The Morgan fingerprint density at radius 2 is 2.14 bits per heavy atom. The lowest BCUT2D eigenvalue weighted by molar-refractivity contribution is 0.122. The number of hydrogen-bond donors (Lipinski definition) is 1. The van der Waals surface area contributed by atoms with Crippen LogP contribution in [0.2, 0.25) is 0 Å². The molecule has 1 aromatic rings. The van der Waals surface area contributed by atoms with Crippen molar-refractivity contribution in [1.82, 2.24) is 9.97 Å². The molecule has 0 unspecified atom stereocenters. The summed E-state index contributed by atoms with van der Waals surface area (Å²) in [6, 6.07) is 0. The summed E-state index contributed by atoms with van der Waals surface area (Å²) in [5, 5.41) is 0. The summed E-state index contributed by atoms with van der Waals surface area (Å²) in [6.07, 6.45) is 1.09. The van der Waals surface area contributed by atoms with E-state index < -0.39 is 5.82 Å². The van der Waals surface area contributed by atoms with E-state index in [-0.39, 0.29) is 5.82 Å². The summed E-state index contributed by atoms with van der Waals surface area (Å²) in [5.74, 6) is -0.226. The summed E-state index contributed by atoms with van der Waals surface area (Å²) in [7, 11) is 0. The molecular weight excluding hydrogens is 187 g/mol. The van der Waals surface area contributed by atoms with Crippen LogP contribution in [0.4, 0.5) is 16.2 Å². The van der Waals surface area contributed by atoms with E-state index in [1.54, 1.807) is 0 Å². The maximum atomic E-state index is 12.8. The van der Waals surface area contributed by atoms with Crippen LogP contribution in [0.25, 0.3) is 0 Å². The van der Waals surface area contributed by atoms with Gasteiger partial charge in [0.05, 0.1) is 19.4 Å². The van der Waals surface area contributed by atoms with Crippen LogP contribution in [0.15, 0.2) is 6.20 Å². The van der Waals surface area contributed by atoms with Crippen molar-refractivity contribution in [3.8, 4) is 0 Å². The van der Waals surface area contributed by atoms with Gasteiger partial charge >= 0.3 is 0 Å². The zero-order chi connectivity index (χ0) is 9.97. The first-order valence-electron chi connectivity index (χ1n) is 4.38. The zero-order valence-corrected chi connectivity index (χ0v) is 7.61. The minimum Gasteiger partial charge on any atom is -0.381 e. The van der Waals surface area contributed by atoms with Crippen LogP contribution in [0.3, 0.4) is 0 Å². The van der Waals surface area contributed by atoms with Crippen LogP contribution in [0.5, 0.6) is 0 Å². The molecule has 1 aliphatic rings. The molecule has 1 aromatic heterocycles. The van der Waals surface area contributed by atoms with Gasteiger partial charge in [0.25, 0.3) is 0 Å². The molecular formula is C8H11FN4O. The van der Waals surface area contributed by atoms with Crippen molar-refractivity contribution in [2.75, 3.05) is 36.9 Å². The van der Waals surface area contributed by atoms with Gasteiger partial charge in [0.15, 0.2) is 11.6 Å². The van der Waals surface area contributed by atoms with Crippen molar-refractivity contribution < 1.29 is 9.13 Å². The van der Waals surface area contributed by atoms with Crippen molar-refractivity contribution >= 4 is 11.8 Å². The van der Waals surface area contributed by atoms with Crippen LogP contribution in [-0.2, 0) is 4.74 Å². The van der Waals surface area contributed by atoms with E-state index in [9.17, 15) is 4.39 Å². The minimum atomic E-state index is -0.581. The van der Waals surface area contributed by atoms with Crippen LogP contribution >= 0.6 is 0 Å². The smallest absolute Gasteiger partial charge is 0.227 e. The van der Waals surface area contributed by atoms with Crippen LogP contribution in [-0.4, -0.2) is 36.3 Å². The molecule has 0 aromatic carbocycles. The molecule has 0 amide bonds. The van der Waals surface area contributed by atoms with Crippen LogP contribution in [0, 0.1) is 5.82 Å². The molecule has 1 saturated heterocycles. The Morgan fingerprint density at radius 3 is 2.79 bits per heavy atom. The zero-order valence-electron chi connectivity index (χ0n) is 7.61. The lowest BCUT2D eigenvalue weighted by Crippen LogP contribution is -2.37. The third-order valence-electron chi connectivity index (χ3n) is 2.05. The summed E-state index contributed by atoms with van der Waals surface area (Å²) in [6.45, 7) is 2.71. The lowest BCUT2D eigenvalue weighted by Gasteiger charge is -2.26. The van der Waals surface area contributed by atoms with Gasteiger partial charge in [-0.05, 0) is 0 Å². The average Bonchev–Trinajstić information content (AvgIpc) is 2.23. The fourth-order valence-electron chi connectivity index (χ4n) is 1.29. The molecule has 0 radical (unpaired) electrons. The van der Waals surface area contributed by atoms with E-state index >= 15 is 0 Å². The van der Waals surface area contributed by atoms with E-state index in [0.717, 1.165) is 6.20 Å². The Kier molecular flexibility index (Phi) is 2.45. The molecule has 2 heterocycles. The normalized spacial score (nSPS) is 17.1. The molecule has 14 heavy (non-hydrogen) atoms. The highest BCUT2D eigenvalue weighted by molar-refractivity contribution is 5.38. The number of ether oxygens (including phenoxy) is 1. The second-order valence-corrected chi connectivity index (χ2v) is 3.00. The van der Waals surface area contributed by atoms with Crippen molar-refractivity contribution in [2.24, 2.45) is 0 Å². The second-order valence-electron chi connectivity index (χ2n) is 3.00. The number of nitrogens with two attached hydrogens (primary N) is 1. The summed E-state index contributed by atoms with van der Waals surface area (Å²) in [4.78, 5) is 9.64. The summed E-state index contributed by atoms with van der Waals surface area (Å²) in [5.41, 5.74) is 5.34. The van der Waals surface area contributed by atoms with Crippen molar-refractivity contribution in [2.45, 2.75) is 0 Å². The average molecular weight is 198 g/mol. The molecule has 6 heteroatoms.